The molecule has 0 spiro atoms. The summed E-state index contributed by atoms with van der Waals surface area (Å²) in [6, 6.07) is 0. The zero-order valence-electron chi connectivity index (χ0n) is 6.51. The molecule has 0 aliphatic carbocycles. The summed E-state index contributed by atoms with van der Waals surface area (Å²) in [5.74, 6) is 0. The van der Waals surface area contributed by atoms with Gasteiger partial charge in [-0.1, -0.05) is 0 Å². The molecule has 12 heavy (non-hydrogen) atoms. The number of halogens is 3. The Morgan fingerprint density at radius 1 is 1.33 bits per heavy atom. The van der Waals surface area contributed by atoms with Gasteiger partial charge in [-0.3, -0.25) is 0 Å². The normalized spacial score (nSPS) is 17.5. The van der Waals surface area contributed by atoms with Crippen LogP contribution in [0.4, 0.5) is 13.2 Å². The number of rotatable bonds is 4. The first-order chi connectivity index (χ1) is 5.39. The van der Waals surface area contributed by atoms with E-state index in [0.29, 0.717) is 0 Å². The highest BCUT2D eigenvalue weighted by atomic mass is 19.4. The van der Waals surface area contributed by atoms with E-state index in [1.807, 2.05) is 0 Å². The minimum Gasteiger partial charge on any atom is -0.390 e. The molecule has 6 heteroatoms. The van der Waals surface area contributed by atoms with Crippen LogP contribution >= 0.6 is 0 Å². The molecule has 0 aliphatic heterocycles. The number of aliphatic hydroxyl groups excluding tert-OH is 2. The van der Waals surface area contributed by atoms with Gasteiger partial charge in [0.25, 0.3) is 0 Å². The molecule has 0 fully saturated rings. The predicted octanol–water partition coefficient (Wildman–Crippen LogP) is 0.307. The van der Waals surface area contributed by atoms with E-state index in [4.69, 9.17) is 10.2 Å². The molecule has 0 aromatic rings. The van der Waals surface area contributed by atoms with Gasteiger partial charge in [-0.2, -0.15) is 13.2 Å². The topological polar surface area (TPSA) is 49.7 Å². The van der Waals surface area contributed by atoms with Crippen LogP contribution in [-0.2, 0) is 4.74 Å². The number of alkyl halides is 3. The predicted molar refractivity (Wildman–Crippen MR) is 34.6 cm³/mol. The molecular formula is C6H11F3O3. The van der Waals surface area contributed by atoms with Gasteiger partial charge in [0.2, 0.25) is 0 Å². The van der Waals surface area contributed by atoms with Crippen molar-refractivity contribution in [3.8, 4) is 0 Å². The molecule has 2 unspecified atom stereocenters. The fourth-order valence-electron chi connectivity index (χ4n) is 0.615. The summed E-state index contributed by atoms with van der Waals surface area (Å²) in [5.41, 5.74) is 0. The first kappa shape index (κ1) is 11.7. The third kappa shape index (κ3) is 3.89. The molecule has 0 heterocycles. The highest BCUT2D eigenvalue weighted by Gasteiger charge is 2.42. The van der Waals surface area contributed by atoms with Crippen molar-refractivity contribution >= 4 is 0 Å². The van der Waals surface area contributed by atoms with Crippen molar-refractivity contribution in [3.63, 3.8) is 0 Å². The maximum Gasteiger partial charge on any atom is 0.416 e. The zero-order chi connectivity index (χ0) is 9.78. The van der Waals surface area contributed by atoms with Crippen molar-refractivity contribution in [2.24, 2.45) is 0 Å². The molecule has 0 amide bonds. The Kier molecular flexibility index (Phi) is 4.51. The van der Waals surface area contributed by atoms with E-state index in [1.165, 1.54) is 7.11 Å². The molecule has 0 saturated heterocycles. The number of hydrogen-bond donors (Lipinski definition) is 2. The molecule has 2 N–H and O–H groups in total. The van der Waals surface area contributed by atoms with E-state index < -0.39 is 18.4 Å². The van der Waals surface area contributed by atoms with Crippen molar-refractivity contribution in [1.82, 2.24) is 0 Å². The lowest BCUT2D eigenvalue weighted by atomic mass is 10.1. The Balaban J connectivity index is 3.84. The van der Waals surface area contributed by atoms with Crippen LogP contribution in [0.25, 0.3) is 0 Å². The van der Waals surface area contributed by atoms with Crippen LogP contribution in [-0.4, -0.2) is 42.3 Å². The van der Waals surface area contributed by atoms with E-state index in [0.717, 1.165) is 0 Å². The quantitative estimate of drug-likeness (QED) is 0.667. The summed E-state index contributed by atoms with van der Waals surface area (Å²) in [7, 11) is 1.30. The van der Waals surface area contributed by atoms with Crippen LogP contribution in [0.2, 0.25) is 0 Å². The van der Waals surface area contributed by atoms with Crippen molar-refractivity contribution in [1.29, 1.82) is 0 Å². The summed E-state index contributed by atoms with van der Waals surface area (Å²) in [6.07, 6.45) is -9.51. The Morgan fingerprint density at radius 3 is 2.17 bits per heavy atom. The van der Waals surface area contributed by atoms with Crippen molar-refractivity contribution in [3.05, 3.63) is 0 Å². The molecule has 0 radical (unpaired) electrons. The van der Waals surface area contributed by atoms with Crippen molar-refractivity contribution < 1.29 is 28.1 Å². The Bertz CT molecular complexity index is 126. The molecule has 0 bridgehead atoms. The van der Waals surface area contributed by atoms with Crippen LogP contribution in [0.3, 0.4) is 0 Å². The second-order valence-electron chi connectivity index (χ2n) is 2.34. The van der Waals surface area contributed by atoms with Crippen LogP contribution in [0.1, 0.15) is 6.42 Å². The van der Waals surface area contributed by atoms with Gasteiger partial charge in [-0.05, 0) is 6.42 Å². The molecular weight excluding hydrogens is 177 g/mol. The van der Waals surface area contributed by atoms with Gasteiger partial charge in [0.15, 0.2) is 6.10 Å². The number of aliphatic hydroxyl groups is 2. The lowest BCUT2D eigenvalue weighted by molar-refractivity contribution is -0.231. The highest BCUT2D eigenvalue weighted by Crippen LogP contribution is 2.23. The van der Waals surface area contributed by atoms with Gasteiger partial charge < -0.3 is 14.9 Å². The van der Waals surface area contributed by atoms with E-state index in [9.17, 15) is 13.2 Å². The third-order valence-corrected chi connectivity index (χ3v) is 1.32. The number of hydrogen-bond acceptors (Lipinski definition) is 3. The largest absolute Gasteiger partial charge is 0.416 e. The third-order valence-electron chi connectivity index (χ3n) is 1.32. The fraction of sp³-hybridized carbons (Fsp3) is 1.00. The molecule has 0 aliphatic rings. The van der Waals surface area contributed by atoms with Gasteiger partial charge in [0.05, 0.1) is 6.10 Å². The number of ether oxygens (including phenoxy) is 1. The second-order valence-corrected chi connectivity index (χ2v) is 2.34. The van der Waals surface area contributed by atoms with E-state index >= 15 is 0 Å². The summed E-state index contributed by atoms with van der Waals surface area (Å²) >= 11 is 0. The molecule has 0 aromatic carbocycles. The van der Waals surface area contributed by atoms with E-state index in [1.54, 1.807) is 0 Å². The highest BCUT2D eigenvalue weighted by molar-refractivity contribution is 4.73. The van der Waals surface area contributed by atoms with Crippen LogP contribution in [0.15, 0.2) is 0 Å². The lowest BCUT2D eigenvalue weighted by Gasteiger charge is -2.19. The van der Waals surface area contributed by atoms with Gasteiger partial charge >= 0.3 is 6.18 Å². The second kappa shape index (κ2) is 4.64. The number of methoxy groups -OCH3 is 1. The smallest absolute Gasteiger partial charge is 0.390 e. The molecule has 74 valence electrons. The van der Waals surface area contributed by atoms with Crippen molar-refractivity contribution in [2.45, 2.75) is 24.8 Å². The maximum atomic E-state index is 11.7. The summed E-state index contributed by atoms with van der Waals surface area (Å²) < 4.78 is 39.5. The van der Waals surface area contributed by atoms with Crippen LogP contribution in [0.5, 0.6) is 0 Å². The summed E-state index contributed by atoms with van der Waals surface area (Å²) in [6.45, 7) is -0.0195. The van der Waals surface area contributed by atoms with Gasteiger partial charge in [-0.15, -0.1) is 0 Å². The minimum absolute atomic E-state index is 0.0195. The van der Waals surface area contributed by atoms with Gasteiger partial charge in [-0.25, -0.2) is 0 Å². The average Bonchev–Trinajstić information content (AvgIpc) is 1.97. The molecule has 2 atom stereocenters. The van der Waals surface area contributed by atoms with Crippen molar-refractivity contribution in [2.75, 3.05) is 13.7 Å². The minimum atomic E-state index is -4.77. The first-order valence-corrected chi connectivity index (χ1v) is 3.31. The fourth-order valence-corrected chi connectivity index (χ4v) is 0.615. The SMILES string of the molecule is COCCC(O)C(O)C(F)(F)F. The van der Waals surface area contributed by atoms with Gasteiger partial charge in [0.1, 0.15) is 0 Å². The van der Waals surface area contributed by atoms with E-state index in [-0.39, 0.29) is 13.0 Å². The lowest BCUT2D eigenvalue weighted by Crippen LogP contribution is -2.40. The Labute approximate surface area is 67.8 Å². The van der Waals surface area contributed by atoms with Crippen LogP contribution < -0.4 is 0 Å². The Hall–Kier alpha value is -0.330. The molecule has 0 aromatic heterocycles. The van der Waals surface area contributed by atoms with Gasteiger partial charge in [0, 0.05) is 13.7 Å². The summed E-state index contributed by atoms with van der Waals surface area (Å²) in [5, 5.41) is 17.2. The summed E-state index contributed by atoms with van der Waals surface area (Å²) in [4.78, 5) is 0. The monoisotopic (exact) mass is 188 g/mol. The molecule has 0 saturated carbocycles. The molecule has 3 nitrogen and oxygen atoms in total. The zero-order valence-corrected chi connectivity index (χ0v) is 6.51. The van der Waals surface area contributed by atoms with Crippen LogP contribution in [0, 0.1) is 0 Å². The Morgan fingerprint density at radius 2 is 1.83 bits per heavy atom. The maximum absolute atomic E-state index is 11.7. The standard InChI is InChI=1S/C6H11F3O3/c1-12-3-2-4(10)5(11)6(7,8)9/h4-5,10-11H,2-3H2,1H3. The van der Waals surface area contributed by atoms with E-state index in [2.05, 4.69) is 4.74 Å². The average molecular weight is 188 g/mol. The molecule has 0 rings (SSSR count). The first-order valence-electron chi connectivity index (χ1n) is 3.31.